The molecule has 19 heavy (non-hydrogen) atoms. The Morgan fingerprint density at radius 1 is 1.37 bits per heavy atom. The first kappa shape index (κ1) is 12.9. The van der Waals surface area contributed by atoms with Crippen LogP contribution in [0.4, 0.5) is 10.5 Å². The third-order valence-electron chi connectivity index (χ3n) is 2.99. The van der Waals surface area contributed by atoms with Crippen molar-refractivity contribution in [3.05, 3.63) is 29.3 Å². The molecule has 0 unspecified atom stereocenters. The Hall–Kier alpha value is -2.57. The number of nitrogens with two attached hydrogens (primary N) is 2. The van der Waals surface area contributed by atoms with Gasteiger partial charge in [0.1, 0.15) is 6.54 Å². The zero-order chi connectivity index (χ0) is 14.2. The van der Waals surface area contributed by atoms with Gasteiger partial charge in [-0.2, -0.15) is 0 Å². The van der Waals surface area contributed by atoms with Gasteiger partial charge in [0.15, 0.2) is 0 Å². The molecular formula is C12H14N4O3. The summed E-state index contributed by atoms with van der Waals surface area (Å²) in [7, 11) is 1.56. The number of urea groups is 1. The van der Waals surface area contributed by atoms with Gasteiger partial charge < -0.3 is 16.4 Å². The number of amides is 4. The fourth-order valence-corrected chi connectivity index (χ4v) is 1.89. The van der Waals surface area contributed by atoms with E-state index in [1.165, 1.54) is 17.0 Å². The minimum Gasteiger partial charge on any atom is -0.398 e. The zero-order valence-corrected chi connectivity index (χ0v) is 10.4. The standard InChI is InChI=1S/C12H14N4O3/c1-15-6-10(17)16(12(15)19)5-8-3-2-7(11(14)18)4-9(8)13/h2-4H,5-6,13H2,1H3,(H2,14,18). The van der Waals surface area contributed by atoms with Gasteiger partial charge in [0.25, 0.3) is 5.91 Å². The van der Waals surface area contributed by atoms with Crippen LogP contribution in [-0.4, -0.2) is 41.2 Å². The molecule has 1 heterocycles. The molecule has 7 heteroatoms. The molecule has 4 N–H and O–H groups in total. The number of likely N-dealkylation sites (N-methyl/N-ethyl adjacent to an activating group) is 1. The Bertz CT molecular complexity index is 570. The van der Waals surface area contributed by atoms with E-state index in [-0.39, 0.29) is 30.6 Å². The van der Waals surface area contributed by atoms with Gasteiger partial charge in [-0.3, -0.25) is 14.5 Å². The van der Waals surface area contributed by atoms with E-state index in [0.717, 1.165) is 4.90 Å². The van der Waals surface area contributed by atoms with Gasteiger partial charge in [-0.25, -0.2) is 4.79 Å². The van der Waals surface area contributed by atoms with Crippen LogP contribution < -0.4 is 11.5 Å². The lowest BCUT2D eigenvalue weighted by Crippen LogP contribution is -2.31. The quantitative estimate of drug-likeness (QED) is 0.578. The molecule has 0 aliphatic carbocycles. The SMILES string of the molecule is CN1CC(=O)N(Cc2ccc(C(N)=O)cc2N)C1=O. The molecule has 4 amide bonds. The lowest BCUT2D eigenvalue weighted by molar-refractivity contribution is -0.125. The van der Waals surface area contributed by atoms with Crippen molar-refractivity contribution in [3.8, 4) is 0 Å². The summed E-state index contributed by atoms with van der Waals surface area (Å²) in [5, 5.41) is 0. The third kappa shape index (κ3) is 2.35. The molecule has 0 spiro atoms. The van der Waals surface area contributed by atoms with Gasteiger partial charge in [0.05, 0.1) is 6.54 Å². The van der Waals surface area contributed by atoms with Gasteiger partial charge in [0.2, 0.25) is 5.91 Å². The first-order valence-electron chi connectivity index (χ1n) is 5.64. The number of carbonyl (C=O) groups is 3. The maximum absolute atomic E-state index is 11.7. The van der Waals surface area contributed by atoms with Crippen molar-refractivity contribution in [2.45, 2.75) is 6.54 Å². The molecule has 2 rings (SSSR count). The number of hydrogen-bond donors (Lipinski definition) is 2. The number of hydrogen-bond acceptors (Lipinski definition) is 4. The molecule has 1 aliphatic heterocycles. The van der Waals surface area contributed by atoms with Gasteiger partial charge in [-0.1, -0.05) is 6.07 Å². The average Bonchev–Trinajstić information content (AvgIpc) is 2.58. The van der Waals surface area contributed by atoms with Crippen molar-refractivity contribution >= 4 is 23.5 Å². The average molecular weight is 262 g/mol. The first-order chi connectivity index (χ1) is 8.90. The van der Waals surface area contributed by atoms with Crippen LogP contribution in [0.2, 0.25) is 0 Å². The zero-order valence-electron chi connectivity index (χ0n) is 10.4. The van der Waals surface area contributed by atoms with Crippen molar-refractivity contribution < 1.29 is 14.4 Å². The number of primary amides is 1. The summed E-state index contributed by atoms with van der Waals surface area (Å²) >= 11 is 0. The van der Waals surface area contributed by atoms with Crippen LogP contribution in [0, 0.1) is 0 Å². The minimum absolute atomic E-state index is 0.0676. The predicted octanol–water partition coefficient (Wildman–Crippen LogP) is -0.238. The van der Waals surface area contributed by atoms with E-state index in [4.69, 9.17) is 11.5 Å². The lowest BCUT2D eigenvalue weighted by atomic mass is 10.1. The highest BCUT2D eigenvalue weighted by molar-refractivity contribution is 6.01. The van der Waals surface area contributed by atoms with Crippen LogP contribution in [0.1, 0.15) is 15.9 Å². The normalized spacial score (nSPS) is 15.2. The topological polar surface area (TPSA) is 110 Å². The summed E-state index contributed by atoms with van der Waals surface area (Å²) < 4.78 is 0. The molecule has 100 valence electrons. The second-order valence-corrected chi connectivity index (χ2v) is 4.40. The second-order valence-electron chi connectivity index (χ2n) is 4.40. The van der Waals surface area contributed by atoms with Crippen LogP contribution in [0.3, 0.4) is 0 Å². The predicted molar refractivity (Wildman–Crippen MR) is 67.9 cm³/mol. The maximum atomic E-state index is 11.7. The van der Waals surface area contributed by atoms with Gasteiger partial charge in [0, 0.05) is 18.3 Å². The Morgan fingerprint density at radius 3 is 2.53 bits per heavy atom. The molecule has 7 nitrogen and oxygen atoms in total. The molecule has 1 aromatic rings. The Morgan fingerprint density at radius 2 is 2.05 bits per heavy atom. The minimum atomic E-state index is -0.577. The van der Waals surface area contributed by atoms with E-state index in [9.17, 15) is 14.4 Å². The molecule has 0 bridgehead atoms. The third-order valence-corrected chi connectivity index (χ3v) is 2.99. The van der Waals surface area contributed by atoms with E-state index in [0.29, 0.717) is 11.3 Å². The highest BCUT2D eigenvalue weighted by Gasteiger charge is 2.33. The first-order valence-corrected chi connectivity index (χ1v) is 5.64. The molecule has 0 atom stereocenters. The van der Waals surface area contributed by atoms with Gasteiger partial charge in [-0.15, -0.1) is 0 Å². The van der Waals surface area contributed by atoms with Crippen molar-refractivity contribution in [1.82, 2.24) is 9.80 Å². The molecule has 1 aromatic carbocycles. The monoisotopic (exact) mass is 262 g/mol. The summed E-state index contributed by atoms with van der Waals surface area (Å²) in [6.45, 7) is 0.158. The maximum Gasteiger partial charge on any atom is 0.327 e. The number of benzene rings is 1. The lowest BCUT2D eigenvalue weighted by Gasteiger charge is -2.15. The fourth-order valence-electron chi connectivity index (χ4n) is 1.89. The summed E-state index contributed by atoms with van der Waals surface area (Å²) in [5.41, 5.74) is 12.1. The van der Waals surface area contributed by atoms with Gasteiger partial charge >= 0.3 is 6.03 Å². The Labute approximate surface area is 109 Å². The highest BCUT2D eigenvalue weighted by Crippen LogP contribution is 2.19. The smallest absolute Gasteiger partial charge is 0.327 e. The Balaban J connectivity index is 2.22. The van der Waals surface area contributed by atoms with Crippen LogP contribution in [-0.2, 0) is 11.3 Å². The van der Waals surface area contributed by atoms with E-state index in [1.807, 2.05) is 0 Å². The van der Waals surface area contributed by atoms with Gasteiger partial charge in [-0.05, 0) is 17.7 Å². The molecule has 1 fully saturated rings. The van der Waals surface area contributed by atoms with Crippen LogP contribution in [0.5, 0.6) is 0 Å². The molecule has 0 saturated carbocycles. The largest absolute Gasteiger partial charge is 0.398 e. The van der Waals surface area contributed by atoms with Crippen molar-refractivity contribution in [1.29, 1.82) is 0 Å². The highest BCUT2D eigenvalue weighted by atomic mass is 16.2. The molecule has 0 radical (unpaired) electrons. The van der Waals surface area contributed by atoms with Crippen LogP contribution >= 0.6 is 0 Å². The number of imide groups is 1. The van der Waals surface area contributed by atoms with E-state index in [1.54, 1.807) is 13.1 Å². The van der Waals surface area contributed by atoms with Crippen LogP contribution in [0.25, 0.3) is 0 Å². The molecule has 0 aromatic heterocycles. The van der Waals surface area contributed by atoms with Crippen LogP contribution in [0.15, 0.2) is 18.2 Å². The Kier molecular flexibility index (Phi) is 3.12. The summed E-state index contributed by atoms with van der Waals surface area (Å²) in [6, 6.07) is 4.19. The van der Waals surface area contributed by atoms with E-state index < -0.39 is 5.91 Å². The van der Waals surface area contributed by atoms with E-state index in [2.05, 4.69) is 0 Å². The number of nitrogens with zero attached hydrogens (tertiary/aromatic N) is 2. The van der Waals surface area contributed by atoms with Crippen molar-refractivity contribution in [3.63, 3.8) is 0 Å². The number of nitrogen functional groups attached to an aromatic ring is 1. The summed E-state index contributed by atoms with van der Waals surface area (Å²) in [6.07, 6.45) is 0. The number of carbonyl (C=O) groups excluding carboxylic acids is 3. The van der Waals surface area contributed by atoms with E-state index >= 15 is 0 Å². The molecule has 1 aliphatic rings. The summed E-state index contributed by atoms with van der Waals surface area (Å²) in [4.78, 5) is 36.8. The number of rotatable bonds is 3. The second kappa shape index (κ2) is 4.60. The van der Waals surface area contributed by atoms with Crippen molar-refractivity contribution in [2.75, 3.05) is 19.3 Å². The number of anilines is 1. The fraction of sp³-hybridized carbons (Fsp3) is 0.250. The molecule has 1 saturated heterocycles. The molecular weight excluding hydrogens is 248 g/mol. The summed E-state index contributed by atoms with van der Waals surface area (Å²) in [5.74, 6) is -0.850. The van der Waals surface area contributed by atoms with Crippen molar-refractivity contribution in [2.24, 2.45) is 5.73 Å².